The maximum absolute atomic E-state index is 11.4. The number of amides is 1. The van der Waals surface area contributed by atoms with Gasteiger partial charge in [0.25, 0.3) is 5.91 Å². The van der Waals surface area contributed by atoms with Crippen LogP contribution in [0.5, 0.6) is 0 Å². The molecule has 2 aromatic rings. The van der Waals surface area contributed by atoms with Gasteiger partial charge in [0.1, 0.15) is 0 Å². The number of nitrogens with zero attached hydrogens (tertiary/aromatic N) is 4. The second kappa shape index (κ2) is 5.25. The van der Waals surface area contributed by atoms with Crippen LogP contribution in [0.15, 0.2) is 24.7 Å². The minimum Gasteiger partial charge on any atom is -0.464 e. The molecule has 8 heteroatoms. The van der Waals surface area contributed by atoms with Crippen molar-refractivity contribution >= 4 is 11.9 Å². The molecule has 98 valence electrons. The van der Waals surface area contributed by atoms with Crippen LogP contribution in [0.25, 0.3) is 5.82 Å². The first-order valence-electron chi connectivity index (χ1n) is 5.34. The quantitative estimate of drug-likeness (QED) is 0.769. The maximum atomic E-state index is 11.4. The molecule has 0 aliphatic rings. The Bertz CT molecular complexity index is 605. The number of carbonyl (C=O) groups excluding carboxylic acids is 2. The van der Waals surface area contributed by atoms with Gasteiger partial charge in [-0.2, -0.15) is 5.10 Å². The number of aromatic nitrogens is 4. The van der Waals surface area contributed by atoms with Crippen LogP contribution in [0.2, 0.25) is 0 Å². The molecule has 0 spiro atoms. The summed E-state index contributed by atoms with van der Waals surface area (Å²) in [5.74, 6) is -0.466. The molecule has 0 radical (unpaired) electrons. The van der Waals surface area contributed by atoms with E-state index in [2.05, 4.69) is 25.1 Å². The van der Waals surface area contributed by atoms with Crippen molar-refractivity contribution in [1.82, 2.24) is 25.1 Å². The zero-order valence-electron chi connectivity index (χ0n) is 10.3. The van der Waals surface area contributed by atoms with Gasteiger partial charge in [0.05, 0.1) is 19.5 Å². The first-order chi connectivity index (χ1) is 9.15. The van der Waals surface area contributed by atoms with Gasteiger partial charge in [0.15, 0.2) is 17.2 Å². The largest absolute Gasteiger partial charge is 0.464 e. The smallest absolute Gasteiger partial charge is 0.358 e. The van der Waals surface area contributed by atoms with Crippen LogP contribution in [0.1, 0.15) is 21.0 Å². The lowest BCUT2D eigenvalue weighted by atomic mass is 10.4. The maximum Gasteiger partial charge on any atom is 0.358 e. The number of hydrogen-bond donors (Lipinski definition) is 1. The summed E-state index contributed by atoms with van der Waals surface area (Å²) in [4.78, 5) is 30.5. The predicted octanol–water partition coefficient (Wildman–Crippen LogP) is -0.192. The molecule has 0 saturated heterocycles. The molecule has 1 amide bonds. The average Bonchev–Trinajstić information content (AvgIpc) is 2.95. The molecule has 2 aromatic heterocycles. The van der Waals surface area contributed by atoms with E-state index < -0.39 is 5.97 Å². The summed E-state index contributed by atoms with van der Waals surface area (Å²) < 4.78 is 5.90. The fourth-order valence-corrected chi connectivity index (χ4v) is 1.35. The number of ether oxygens (including phenoxy) is 1. The van der Waals surface area contributed by atoms with E-state index in [9.17, 15) is 9.59 Å². The SMILES string of the molecule is CNC(=O)c1ccn(-c2cnc(C(=O)OC)cn2)n1. The normalized spacial score (nSPS) is 10.0. The van der Waals surface area contributed by atoms with Gasteiger partial charge in [-0.05, 0) is 6.07 Å². The van der Waals surface area contributed by atoms with Crippen molar-refractivity contribution in [1.29, 1.82) is 0 Å². The Labute approximate surface area is 108 Å². The van der Waals surface area contributed by atoms with E-state index in [0.717, 1.165) is 0 Å². The molecule has 0 aromatic carbocycles. The number of nitrogens with one attached hydrogen (secondary N) is 1. The van der Waals surface area contributed by atoms with Gasteiger partial charge in [0.2, 0.25) is 0 Å². The number of hydrogen-bond acceptors (Lipinski definition) is 6. The summed E-state index contributed by atoms with van der Waals surface area (Å²) in [6.07, 6.45) is 4.22. The van der Waals surface area contributed by atoms with Crippen molar-refractivity contribution < 1.29 is 14.3 Å². The van der Waals surface area contributed by atoms with Crippen LogP contribution in [-0.2, 0) is 4.74 Å². The number of carbonyl (C=O) groups is 2. The minimum absolute atomic E-state index is 0.102. The summed E-state index contributed by atoms with van der Waals surface area (Å²) in [7, 11) is 2.79. The Kier molecular flexibility index (Phi) is 3.51. The van der Waals surface area contributed by atoms with Crippen LogP contribution >= 0.6 is 0 Å². The zero-order valence-corrected chi connectivity index (χ0v) is 10.3. The average molecular weight is 261 g/mol. The van der Waals surface area contributed by atoms with Crippen molar-refractivity contribution in [3.63, 3.8) is 0 Å². The van der Waals surface area contributed by atoms with Gasteiger partial charge >= 0.3 is 5.97 Å². The van der Waals surface area contributed by atoms with E-state index >= 15 is 0 Å². The molecule has 19 heavy (non-hydrogen) atoms. The highest BCUT2D eigenvalue weighted by atomic mass is 16.5. The van der Waals surface area contributed by atoms with E-state index in [1.807, 2.05) is 0 Å². The standard InChI is InChI=1S/C11H11N5O3/c1-12-10(17)7-3-4-16(15-7)9-6-13-8(5-14-9)11(18)19-2/h3-6H,1-2H3,(H,12,17). The summed E-state index contributed by atoms with van der Waals surface area (Å²) in [6.45, 7) is 0. The molecule has 8 nitrogen and oxygen atoms in total. The third-order valence-electron chi connectivity index (χ3n) is 2.32. The highest BCUT2D eigenvalue weighted by Gasteiger charge is 2.11. The molecule has 0 unspecified atom stereocenters. The third-order valence-corrected chi connectivity index (χ3v) is 2.32. The highest BCUT2D eigenvalue weighted by molar-refractivity contribution is 5.91. The molecule has 0 aliphatic heterocycles. The second-order valence-electron chi connectivity index (χ2n) is 3.48. The Morgan fingerprint density at radius 1 is 1.26 bits per heavy atom. The summed E-state index contributed by atoms with van der Waals surface area (Å²) in [6, 6.07) is 1.55. The molecule has 0 atom stereocenters. The Morgan fingerprint density at radius 3 is 2.63 bits per heavy atom. The summed E-state index contributed by atoms with van der Waals surface area (Å²) >= 11 is 0. The molecular weight excluding hydrogens is 250 g/mol. The van der Waals surface area contributed by atoms with Crippen LogP contribution in [-0.4, -0.2) is 45.8 Å². The first-order valence-corrected chi connectivity index (χ1v) is 5.34. The molecule has 0 bridgehead atoms. The first kappa shape index (κ1) is 12.7. The second-order valence-corrected chi connectivity index (χ2v) is 3.48. The lowest BCUT2D eigenvalue weighted by Gasteiger charge is -2.01. The summed E-state index contributed by atoms with van der Waals surface area (Å²) in [5.41, 5.74) is 0.367. The highest BCUT2D eigenvalue weighted by Crippen LogP contribution is 2.04. The lowest BCUT2D eigenvalue weighted by molar-refractivity contribution is 0.0593. The van der Waals surface area contributed by atoms with E-state index in [1.54, 1.807) is 12.3 Å². The van der Waals surface area contributed by atoms with E-state index in [0.29, 0.717) is 5.82 Å². The van der Waals surface area contributed by atoms with Gasteiger partial charge in [0, 0.05) is 13.2 Å². The number of esters is 1. The molecular formula is C11H11N5O3. The molecule has 0 fully saturated rings. The Hall–Kier alpha value is -2.77. The van der Waals surface area contributed by atoms with Crippen molar-refractivity contribution in [3.8, 4) is 5.82 Å². The Morgan fingerprint density at radius 2 is 2.05 bits per heavy atom. The van der Waals surface area contributed by atoms with Crippen molar-refractivity contribution in [2.24, 2.45) is 0 Å². The summed E-state index contributed by atoms with van der Waals surface area (Å²) in [5, 5.41) is 6.50. The molecule has 0 saturated carbocycles. The molecule has 0 aliphatic carbocycles. The monoisotopic (exact) mass is 261 g/mol. The van der Waals surface area contributed by atoms with Crippen LogP contribution in [0.3, 0.4) is 0 Å². The van der Waals surface area contributed by atoms with Crippen molar-refractivity contribution in [2.75, 3.05) is 14.2 Å². The molecule has 2 rings (SSSR count). The number of rotatable bonds is 3. The Balaban J connectivity index is 2.25. The fraction of sp³-hybridized carbons (Fsp3) is 0.182. The van der Waals surface area contributed by atoms with E-state index in [-0.39, 0.29) is 17.3 Å². The van der Waals surface area contributed by atoms with Crippen LogP contribution in [0, 0.1) is 0 Å². The minimum atomic E-state index is -0.564. The lowest BCUT2D eigenvalue weighted by Crippen LogP contribution is -2.18. The van der Waals surface area contributed by atoms with Crippen molar-refractivity contribution in [2.45, 2.75) is 0 Å². The van der Waals surface area contributed by atoms with Gasteiger partial charge in [-0.3, -0.25) is 4.79 Å². The van der Waals surface area contributed by atoms with Crippen LogP contribution in [0.4, 0.5) is 0 Å². The van der Waals surface area contributed by atoms with Gasteiger partial charge in [-0.1, -0.05) is 0 Å². The molecule has 2 heterocycles. The predicted molar refractivity (Wildman–Crippen MR) is 63.9 cm³/mol. The zero-order chi connectivity index (χ0) is 13.8. The van der Waals surface area contributed by atoms with Crippen molar-refractivity contribution in [3.05, 3.63) is 36.0 Å². The molecule has 1 N–H and O–H groups in total. The van der Waals surface area contributed by atoms with Gasteiger partial charge in [-0.25, -0.2) is 19.4 Å². The van der Waals surface area contributed by atoms with E-state index in [1.165, 1.54) is 31.2 Å². The topological polar surface area (TPSA) is 99.0 Å². The fourth-order valence-electron chi connectivity index (χ4n) is 1.35. The van der Waals surface area contributed by atoms with Crippen LogP contribution < -0.4 is 5.32 Å². The van der Waals surface area contributed by atoms with Gasteiger partial charge in [-0.15, -0.1) is 0 Å². The van der Waals surface area contributed by atoms with Gasteiger partial charge < -0.3 is 10.1 Å². The van der Waals surface area contributed by atoms with E-state index in [4.69, 9.17) is 0 Å². The third kappa shape index (κ3) is 2.57. The number of methoxy groups -OCH3 is 1.